The molecule has 5 nitrogen and oxygen atoms in total. The number of fused-ring (bicyclic) bond motifs is 1. The molecule has 0 amide bonds. The molecule has 4 rings (SSSR count). The number of hydrogen-bond donors (Lipinski definition) is 0. The van der Waals surface area contributed by atoms with Crippen molar-refractivity contribution in [1.29, 1.82) is 0 Å². The number of rotatable bonds is 2. The topological polar surface area (TPSA) is 60.2 Å². The van der Waals surface area contributed by atoms with Crippen molar-refractivity contribution in [3.8, 4) is 21.8 Å². The second-order valence-corrected chi connectivity index (χ2v) is 6.59. The predicted molar refractivity (Wildman–Crippen MR) is 95.8 cm³/mol. The van der Waals surface area contributed by atoms with Crippen LogP contribution in [0, 0.1) is 0 Å². The lowest BCUT2D eigenvalue weighted by atomic mass is 10.1. The highest BCUT2D eigenvalue weighted by atomic mass is 35.5. The van der Waals surface area contributed by atoms with Crippen molar-refractivity contribution in [2.24, 2.45) is 0 Å². The summed E-state index contributed by atoms with van der Waals surface area (Å²) in [5.74, 6) is 0. The van der Waals surface area contributed by atoms with Gasteiger partial charge in [0.15, 0.2) is 4.96 Å². The zero-order chi connectivity index (χ0) is 16.7. The molecule has 0 aliphatic rings. The fraction of sp³-hybridized carbons (Fsp3) is 0. The van der Waals surface area contributed by atoms with Crippen LogP contribution in [0.4, 0.5) is 0 Å². The normalized spacial score (nSPS) is 11.1. The summed E-state index contributed by atoms with van der Waals surface area (Å²) in [6.45, 7) is 0. The molecule has 24 heavy (non-hydrogen) atoms. The first-order valence-electron chi connectivity index (χ1n) is 6.89. The monoisotopic (exact) mass is 374 g/mol. The van der Waals surface area contributed by atoms with Gasteiger partial charge in [0, 0.05) is 29.0 Å². The zero-order valence-electron chi connectivity index (χ0n) is 12.0. The van der Waals surface area contributed by atoms with E-state index in [4.69, 9.17) is 23.2 Å². The molecule has 1 aromatic carbocycles. The molecule has 0 bridgehead atoms. The highest BCUT2D eigenvalue weighted by Gasteiger charge is 2.20. The summed E-state index contributed by atoms with van der Waals surface area (Å²) in [6, 6.07) is 10.5. The molecule has 0 N–H and O–H groups in total. The van der Waals surface area contributed by atoms with Gasteiger partial charge >= 0.3 is 0 Å². The van der Waals surface area contributed by atoms with Gasteiger partial charge in [-0.25, -0.2) is 15.0 Å². The Balaban J connectivity index is 2.15. The van der Waals surface area contributed by atoms with Crippen LogP contribution >= 0.6 is 34.5 Å². The molecular formula is C16H8Cl2N4OS. The van der Waals surface area contributed by atoms with Gasteiger partial charge in [-0.3, -0.25) is 9.20 Å². The van der Waals surface area contributed by atoms with Crippen molar-refractivity contribution in [3.63, 3.8) is 0 Å². The SMILES string of the molecule is O=c1ccnc2sc(-c3ccnc(Cl)n3)c(-c3ccccc3Cl)n12. The van der Waals surface area contributed by atoms with Gasteiger partial charge in [0.2, 0.25) is 5.28 Å². The second kappa shape index (κ2) is 5.98. The summed E-state index contributed by atoms with van der Waals surface area (Å²) in [7, 11) is 0. The van der Waals surface area contributed by atoms with Gasteiger partial charge in [-0.2, -0.15) is 0 Å². The van der Waals surface area contributed by atoms with Crippen LogP contribution in [-0.4, -0.2) is 19.4 Å². The maximum atomic E-state index is 12.4. The number of hydrogen-bond acceptors (Lipinski definition) is 5. The molecule has 0 fully saturated rings. The van der Waals surface area contributed by atoms with E-state index in [-0.39, 0.29) is 10.8 Å². The lowest BCUT2D eigenvalue weighted by Gasteiger charge is -2.07. The molecule has 4 aromatic rings. The summed E-state index contributed by atoms with van der Waals surface area (Å²) in [6.07, 6.45) is 3.06. The smallest absolute Gasteiger partial charge is 0.258 e. The van der Waals surface area contributed by atoms with E-state index in [0.29, 0.717) is 21.4 Å². The van der Waals surface area contributed by atoms with Crippen molar-refractivity contribution in [3.05, 3.63) is 69.5 Å². The molecule has 0 unspecified atom stereocenters. The average molecular weight is 375 g/mol. The standard InChI is InChI=1S/C16H8Cl2N4OS/c17-10-4-2-1-3-9(10)13-14(11-5-7-19-15(18)21-11)24-16-20-8-6-12(23)22(13)16/h1-8H. The van der Waals surface area contributed by atoms with Gasteiger partial charge in [0.05, 0.1) is 16.3 Å². The van der Waals surface area contributed by atoms with Crippen LogP contribution in [0.1, 0.15) is 0 Å². The van der Waals surface area contributed by atoms with Crippen LogP contribution in [-0.2, 0) is 0 Å². The minimum atomic E-state index is -0.183. The number of halogens is 2. The predicted octanol–water partition coefficient (Wildman–Crippen LogP) is 4.19. The van der Waals surface area contributed by atoms with Crippen LogP contribution in [0.25, 0.3) is 26.8 Å². The summed E-state index contributed by atoms with van der Waals surface area (Å²) >= 11 is 13.6. The molecule has 0 spiro atoms. The van der Waals surface area contributed by atoms with E-state index >= 15 is 0 Å². The molecule has 0 saturated heterocycles. The van der Waals surface area contributed by atoms with E-state index in [2.05, 4.69) is 15.0 Å². The molecule has 0 radical (unpaired) electrons. The molecule has 8 heteroatoms. The molecular weight excluding hydrogens is 367 g/mol. The fourth-order valence-corrected chi connectivity index (χ4v) is 3.90. The van der Waals surface area contributed by atoms with Gasteiger partial charge in [0.25, 0.3) is 5.56 Å². The van der Waals surface area contributed by atoms with Crippen molar-refractivity contribution < 1.29 is 0 Å². The number of thiazole rings is 1. The second-order valence-electron chi connectivity index (χ2n) is 4.87. The largest absolute Gasteiger partial charge is 0.269 e. The van der Waals surface area contributed by atoms with Gasteiger partial charge < -0.3 is 0 Å². The Morgan fingerprint density at radius 1 is 1.00 bits per heavy atom. The van der Waals surface area contributed by atoms with Crippen LogP contribution < -0.4 is 5.56 Å². The molecule has 118 valence electrons. The van der Waals surface area contributed by atoms with Crippen molar-refractivity contribution in [2.45, 2.75) is 0 Å². The average Bonchev–Trinajstić information content (AvgIpc) is 2.96. The minimum Gasteiger partial charge on any atom is -0.269 e. The van der Waals surface area contributed by atoms with Gasteiger partial charge in [0.1, 0.15) is 0 Å². The van der Waals surface area contributed by atoms with Crippen molar-refractivity contribution >= 4 is 39.5 Å². The van der Waals surface area contributed by atoms with E-state index in [9.17, 15) is 4.79 Å². The fourth-order valence-electron chi connectivity index (χ4n) is 2.44. The Morgan fingerprint density at radius 3 is 2.58 bits per heavy atom. The van der Waals surface area contributed by atoms with Crippen LogP contribution in [0.5, 0.6) is 0 Å². The molecule has 0 atom stereocenters. The quantitative estimate of drug-likeness (QED) is 0.493. The first-order chi connectivity index (χ1) is 11.6. The lowest BCUT2D eigenvalue weighted by Crippen LogP contribution is -2.12. The Kier molecular flexibility index (Phi) is 3.80. The summed E-state index contributed by atoms with van der Waals surface area (Å²) in [5.41, 5.74) is 1.80. The number of nitrogens with zero attached hydrogens (tertiary/aromatic N) is 4. The van der Waals surface area contributed by atoms with Gasteiger partial charge in [-0.05, 0) is 23.7 Å². The van der Waals surface area contributed by atoms with E-state index in [1.165, 1.54) is 28.0 Å². The van der Waals surface area contributed by atoms with E-state index in [1.54, 1.807) is 18.3 Å². The summed E-state index contributed by atoms with van der Waals surface area (Å²) in [4.78, 5) is 26.2. The third kappa shape index (κ3) is 2.49. The van der Waals surface area contributed by atoms with Gasteiger partial charge in [-0.15, -0.1) is 0 Å². The molecule has 3 heterocycles. The minimum absolute atomic E-state index is 0.135. The molecule has 0 aliphatic heterocycles. The number of benzene rings is 1. The van der Waals surface area contributed by atoms with Crippen molar-refractivity contribution in [2.75, 3.05) is 0 Å². The Hall–Kier alpha value is -2.28. The number of aromatic nitrogens is 4. The van der Waals surface area contributed by atoms with Gasteiger partial charge in [-0.1, -0.05) is 41.1 Å². The van der Waals surface area contributed by atoms with Crippen LogP contribution in [0.3, 0.4) is 0 Å². The highest BCUT2D eigenvalue weighted by Crippen LogP contribution is 2.39. The third-order valence-electron chi connectivity index (χ3n) is 3.43. The van der Waals surface area contributed by atoms with Crippen molar-refractivity contribution in [1.82, 2.24) is 19.4 Å². The van der Waals surface area contributed by atoms with Crippen LogP contribution in [0.2, 0.25) is 10.3 Å². The Labute approximate surface area is 150 Å². The third-order valence-corrected chi connectivity index (χ3v) is 5.02. The molecule has 3 aromatic heterocycles. The first-order valence-corrected chi connectivity index (χ1v) is 8.47. The Bertz CT molecular complexity index is 1120. The maximum absolute atomic E-state index is 12.4. The maximum Gasteiger partial charge on any atom is 0.258 e. The summed E-state index contributed by atoms with van der Waals surface area (Å²) in [5, 5.41) is 0.671. The van der Waals surface area contributed by atoms with E-state index < -0.39 is 0 Å². The molecule has 0 saturated carbocycles. The van der Waals surface area contributed by atoms with Crippen LogP contribution in [0.15, 0.2) is 53.6 Å². The first kappa shape index (κ1) is 15.3. The molecule has 0 aliphatic carbocycles. The van der Waals surface area contributed by atoms with E-state index in [0.717, 1.165) is 10.4 Å². The summed E-state index contributed by atoms with van der Waals surface area (Å²) < 4.78 is 1.54. The van der Waals surface area contributed by atoms with E-state index in [1.807, 2.05) is 18.2 Å². The zero-order valence-corrected chi connectivity index (χ0v) is 14.3. The highest BCUT2D eigenvalue weighted by molar-refractivity contribution is 7.20. The lowest BCUT2D eigenvalue weighted by molar-refractivity contribution is 1.08. The Morgan fingerprint density at radius 2 is 1.79 bits per heavy atom.